The van der Waals surface area contributed by atoms with Crippen LogP contribution in [0.15, 0.2) is 0 Å². The monoisotopic (exact) mass is 266 g/mol. The predicted octanol–water partition coefficient (Wildman–Crippen LogP) is 3.43. The van der Waals surface area contributed by atoms with Crippen LogP contribution >= 0.6 is 12.2 Å². The third-order valence-corrected chi connectivity index (χ3v) is 4.50. The van der Waals surface area contributed by atoms with Crippen molar-refractivity contribution in [1.29, 1.82) is 0 Å². The first-order valence-corrected chi connectivity index (χ1v) is 7.65. The molecule has 0 saturated heterocycles. The summed E-state index contributed by atoms with van der Waals surface area (Å²) >= 11 is 5.45. The van der Waals surface area contributed by atoms with Crippen LogP contribution in [0.25, 0.3) is 0 Å². The van der Waals surface area contributed by atoms with Gasteiger partial charge in [0, 0.05) is 18.6 Å². The van der Waals surface area contributed by atoms with E-state index in [0.29, 0.717) is 12.1 Å². The largest absolute Gasteiger partial charge is 0.338 e. The molecule has 0 atom stereocenters. The van der Waals surface area contributed by atoms with Crippen molar-refractivity contribution in [3.8, 4) is 0 Å². The fraction of sp³-hybridized carbons (Fsp3) is 0.846. The molecule has 2 fully saturated rings. The summed E-state index contributed by atoms with van der Waals surface area (Å²) < 4.78 is 3.09. The normalized spacial score (nSPS) is 21.2. The minimum absolute atomic E-state index is 0.563. The van der Waals surface area contributed by atoms with Gasteiger partial charge in [0.05, 0.1) is 0 Å². The van der Waals surface area contributed by atoms with Crippen molar-refractivity contribution in [1.82, 2.24) is 14.8 Å². The molecular formula is C13H22N4S. The molecule has 2 aliphatic carbocycles. The first-order valence-electron chi connectivity index (χ1n) is 7.24. The maximum Gasteiger partial charge on any atom is 0.226 e. The van der Waals surface area contributed by atoms with Crippen molar-refractivity contribution in [2.75, 3.05) is 11.4 Å². The zero-order chi connectivity index (χ0) is 12.5. The maximum absolute atomic E-state index is 5.45. The second kappa shape index (κ2) is 5.03. The summed E-state index contributed by atoms with van der Waals surface area (Å²) in [6, 6.07) is 1.26. The van der Waals surface area contributed by atoms with E-state index in [0.717, 1.165) is 17.3 Å². The van der Waals surface area contributed by atoms with Crippen LogP contribution in [0.5, 0.6) is 0 Å². The zero-order valence-corrected chi connectivity index (χ0v) is 11.9. The van der Waals surface area contributed by atoms with Gasteiger partial charge in [-0.3, -0.25) is 4.57 Å². The van der Waals surface area contributed by atoms with Crippen LogP contribution < -0.4 is 4.90 Å². The molecule has 0 bridgehead atoms. The topological polar surface area (TPSA) is 36.9 Å². The lowest BCUT2D eigenvalue weighted by molar-refractivity contribution is 0.350. The molecule has 1 aromatic rings. The van der Waals surface area contributed by atoms with E-state index in [1.54, 1.807) is 0 Å². The Morgan fingerprint density at radius 1 is 1.28 bits per heavy atom. The molecule has 0 aliphatic heterocycles. The van der Waals surface area contributed by atoms with Gasteiger partial charge in [-0.25, -0.2) is 5.10 Å². The third-order valence-electron chi connectivity index (χ3n) is 4.21. The van der Waals surface area contributed by atoms with E-state index in [2.05, 4.69) is 26.6 Å². The Labute approximate surface area is 113 Å². The number of aromatic nitrogens is 3. The number of aromatic amines is 1. The third kappa shape index (κ3) is 2.20. The Kier molecular flexibility index (Phi) is 3.41. The van der Waals surface area contributed by atoms with Gasteiger partial charge >= 0.3 is 0 Å². The summed E-state index contributed by atoms with van der Waals surface area (Å²) in [5.41, 5.74) is 0. The van der Waals surface area contributed by atoms with Gasteiger partial charge < -0.3 is 4.90 Å². The molecule has 0 unspecified atom stereocenters. The van der Waals surface area contributed by atoms with Gasteiger partial charge in [0.15, 0.2) is 4.77 Å². The highest BCUT2D eigenvalue weighted by Gasteiger charge is 2.32. The first-order chi connectivity index (χ1) is 8.81. The lowest BCUT2D eigenvalue weighted by Gasteiger charge is -2.28. The molecule has 0 amide bonds. The second-order valence-corrected chi connectivity index (χ2v) is 5.89. The van der Waals surface area contributed by atoms with E-state index < -0.39 is 0 Å². The van der Waals surface area contributed by atoms with Gasteiger partial charge in [-0.2, -0.15) is 0 Å². The summed E-state index contributed by atoms with van der Waals surface area (Å²) in [7, 11) is 0. The molecule has 1 aromatic heterocycles. The Bertz CT molecular complexity index is 454. The molecule has 2 saturated carbocycles. The number of nitrogens with one attached hydrogen (secondary N) is 1. The molecule has 4 nitrogen and oxygen atoms in total. The van der Waals surface area contributed by atoms with Crippen molar-refractivity contribution in [3.05, 3.63) is 4.77 Å². The van der Waals surface area contributed by atoms with Gasteiger partial charge in [-0.1, -0.05) is 19.3 Å². The van der Waals surface area contributed by atoms with Crippen LogP contribution in [0, 0.1) is 4.77 Å². The minimum Gasteiger partial charge on any atom is -0.338 e. The quantitative estimate of drug-likeness (QED) is 0.848. The first kappa shape index (κ1) is 12.2. The average Bonchev–Trinajstić information content (AvgIpc) is 3.16. The summed E-state index contributed by atoms with van der Waals surface area (Å²) in [5.74, 6) is 1.08. The van der Waals surface area contributed by atoms with E-state index >= 15 is 0 Å². The van der Waals surface area contributed by atoms with Crippen LogP contribution in [-0.2, 0) is 0 Å². The molecule has 3 rings (SSSR count). The predicted molar refractivity (Wildman–Crippen MR) is 75.6 cm³/mol. The summed E-state index contributed by atoms with van der Waals surface area (Å²) in [6.45, 7) is 3.23. The van der Waals surface area contributed by atoms with Gasteiger partial charge in [-0.05, 0) is 44.8 Å². The van der Waals surface area contributed by atoms with Crippen LogP contribution in [-0.4, -0.2) is 27.4 Å². The Hall–Kier alpha value is -0.840. The molecule has 18 heavy (non-hydrogen) atoms. The molecule has 100 valence electrons. The van der Waals surface area contributed by atoms with Crippen molar-refractivity contribution >= 4 is 18.2 Å². The number of hydrogen-bond acceptors (Lipinski definition) is 3. The fourth-order valence-corrected chi connectivity index (χ4v) is 3.39. The van der Waals surface area contributed by atoms with Gasteiger partial charge in [0.25, 0.3) is 0 Å². The number of nitrogens with zero attached hydrogens (tertiary/aromatic N) is 3. The molecule has 5 heteroatoms. The van der Waals surface area contributed by atoms with Gasteiger partial charge in [-0.15, -0.1) is 5.10 Å². The molecule has 1 heterocycles. The van der Waals surface area contributed by atoms with Crippen LogP contribution in [0.1, 0.15) is 57.9 Å². The van der Waals surface area contributed by atoms with E-state index in [1.165, 1.54) is 44.9 Å². The lowest BCUT2D eigenvalue weighted by atomic mass is 9.95. The SMILES string of the molecule is CCN(c1n[nH]c(=S)n1C1CCCCC1)C1CC1. The molecule has 0 aromatic carbocycles. The molecule has 2 aliphatic rings. The van der Waals surface area contributed by atoms with Gasteiger partial charge in [0.1, 0.15) is 0 Å². The fourth-order valence-electron chi connectivity index (χ4n) is 3.12. The van der Waals surface area contributed by atoms with E-state index in [1.807, 2.05) is 0 Å². The second-order valence-electron chi connectivity index (χ2n) is 5.51. The van der Waals surface area contributed by atoms with Crippen molar-refractivity contribution in [2.24, 2.45) is 0 Å². The lowest BCUT2D eigenvalue weighted by Crippen LogP contribution is -2.29. The smallest absolute Gasteiger partial charge is 0.226 e. The standard InChI is InChI=1S/C13H22N4S/c1-2-16(10-8-9-10)12-14-15-13(18)17(12)11-6-4-3-5-7-11/h10-11H,2-9H2,1H3,(H,15,18). The minimum atomic E-state index is 0.563. The summed E-state index contributed by atoms with van der Waals surface area (Å²) in [5, 5.41) is 7.50. The van der Waals surface area contributed by atoms with Crippen molar-refractivity contribution in [2.45, 2.75) is 64.0 Å². The number of rotatable bonds is 4. The highest BCUT2D eigenvalue weighted by Crippen LogP contribution is 2.35. The van der Waals surface area contributed by atoms with Gasteiger partial charge in [0.2, 0.25) is 5.95 Å². The van der Waals surface area contributed by atoms with Crippen molar-refractivity contribution in [3.63, 3.8) is 0 Å². The van der Waals surface area contributed by atoms with Crippen LogP contribution in [0.4, 0.5) is 5.95 Å². The summed E-state index contributed by atoms with van der Waals surface area (Å²) in [6.07, 6.45) is 9.14. The average molecular weight is 266 g/mol. The molecular weight excluding hydrogens is 244 g/mol. The highest BCUT2D eigenvalue weighted by molar-refractivity contribution is 7.71. The van der Waals surface area contributed by atoms with Crippen LogP contribution in [0.3, 0.4) is 0 Å². The molecule has 1 N–H and O–H groups in total. The number of anilines is 1. The van der Waals surface area contributed by atoms with E-state index in [-0.39, 0.29) is 0 Å². The Morgan fingerprint density at radius 2 is 2.00 bits per heavy atom. The molecule has 0 spiro atoms. The van der Waals surface area contributed by atoms with Crippen LogP contribution in [0.2, 0.25) is 0 Å². The highest BCUT2D eigenvalue weighted by atomic mass is 32.1. The Balaban J connectivity index is 1.91. The van der Waals surface area contributed by atoms with E-state index in [4.69, 9.17) is 12.2 Å². The number of hydrogen-bond donors (Lipinski definition) is 1. The zero-order valence-electron chi connectivity index (χ0n) is 11.1. The maximum atomic E-state index is 5.45. The van der Waals surface area contributed by atoms with E-state index in [9.17, 15) is 0 Å². The number of H-pyrrole nitrogens is 1. The summed E-state index contributed by atoms with van der Waals surface area (Å²) in [4.78, 5) is 2.42. The Morgan fingerprint density at radius 3 is 2.61 bits per heavy atom. The molecule has 0 radical (unpaired) electrons. The van der Waals surface area contributed by atoms with Crippen molar-refractivity contribution < 1.29 is 0 Å².